The summed E-state index contributed by atoms with van der Waals surface area (Å²) in [5.41, 5.74) is 6.64. The van der Waals surface area contributed by atoms with Crippen molar-refractivity contribution < 1.29 is 4.74 Å². The third-order valence-corrected chi connectivity index (χ3v) is 1.49. The number of ether oxygens (including phenoxy) is 1. The second kappa shape index (κ2) is 3.34. The minimum Gasteiger partial charge on any atom is -0.481 e. The average molecular weight is 152 g/mol. The molecule has 0 unspecified atom stereocenters. The summed E-state index contributed by atoms with van der Waals surface area (Å²) in [7, 11) is 1.59. The van der Waals surface area contributed by atoms with Crippen molar-refractivity contribution in [1.82, 2.24) is 4.98 Å². The molecule has 0 aliphatic heterocycles. The van der Waals surface area contributed by atoms with Gasteiger partial charge in [-0.05, 0) is 12.5 Å². The molecule has 0 saturated heterocycles. The van der Waals surface area contributed by atoms with Crippen molar-refractivity contribution in [3.63, 3.8) is 0 Å². The van der Waals surface area contributed by atoms with E-state index in [1.54, 1.807) is 19.4 Å². The summed E-state index contributed by atoms with van der Waals surface area (Å²) in [5.74, 6) is 0.620. The lowest BCUT2D eigenvalue weighted by Crippen LogP contribution is -2.05. The molecule has 0 radical (unpaired) electrons. The monoisotopic (exact) mass is 152 g/mol. The van der Waals surface area contributed by atoms with Gasteiger partial charge in [0.25, 0.3) is 0 Å². The Bertz CT molecular complexity index is 218. The first-order valence-corrected chi connectivity index (χ1v) is 3.49. The van der Waals surface area contributed by atoms with E-state index >= 15 is 0 Å². The van der Waals surface area contributed by atoms with Gasteiger partial charge in [-0.25, -0.2) is 4.98 Å². The third kappa shape index (κ3) is 1.91. The van der Waals surface area contributed by atoms with E-state index in [4.69, 9.17) is 10.5 Å². The summed E-state index contributed by atoms with van der Waals surface area (Å²) in [4.78, 5) is 4.02. The maximum atomic E-state index is 5.62. The molecule has 0 aromatic carbocycles. The van der Waals surface area contributed by atoms with Crippen LogP contribution in [-0.4, -0.2) is 12.1 Å². The summed E-state index contributed by atoms with van der Waals surface area (Å²) in [6.07, 6.45) is 1.73. The van der Waals surface area contributed by atoms with Crippen LogP contribution in [0.25, 0.3) is 0 Å². The fourth-order valence-electron chi connectivity index (χ4n) is 0.782. The average Bonchev–Trinajstić information content (AvgIpc) is 2.05. The van der Waals surface area contributed by atoms with Crippen LogP contribution in [0.3, 0.4) is 0 Å². The van der Waals surface area contributed by atoms with E-state index in [1.807, 2.05) is 13.0 Å². The third-order valence-electron chi connectivity index (χ3n) is 1.49. The molecule has 3 heteroatoms. The second-order valence-corrected chi connectivity index (χ2v) is 2.42. The molecule has 1 aromatic rings. The molecule has 0 bridgehead atoms. The van der Waals surface area contributed by atoms with Gasteiger partial charge in [-0.3, -0.25) is 0 Å². The molecule has 0 fully saturated rings. The highest BCUT2D eigenvalue weighted by Gasteiger charge is 1.98. The zero-order valence-corrected chi connectivity index (χ0v) is 6.74. The minimum absolute atomic E-state index is 0.0356. The van der Waals surface area contributed by atoms with Gasteiger partial charge in [0.1, 0.15) is 0 Å². The van der Waals surface area contributed by atoms with Gasteiger partial charge in [0.2, 0.25) is 5.88 Å². The highest BCUT2D eigenvalue weighted by atomic mass is 16.5. The predicted molar refractivity (Wildman–Crippen MR) is 43.4 cm³/mol. The smallest absolute Gasteiger partial charge is 0.212 e. The van der Waals surface area contributed by atoms with Crippen molar-refractivity contribution in [1.29, 1.82) is 0 Å². The quantitative estimate of drug-likeness (QED) is 0.690. The zero-order valence-electron chi connectivity index (χ0n) is 6.74. The van der Waals surface area contributed by atoms with E-state index in [-0.39, 0.29) is 6.04 Å². The number of hydrogen-bond acceptors (Lipinski definition) is 3. The van der Waals surface area contributed by atoms with Crippen LogP contribution in [0.1, 0.15) is 18.5 Å². The van der Waals surface area contributed by atoms with Crippen LogP contribution in [-0.2, 0) is 0 Å². The summed E-state index contributed by atoms with van der Waals surface area (Å²) in [6.45, 7) is 1.92. The lowest BCUT2D eigenvalue weighted by Gasteiger charge is -2.04. The Balaban J connectivity index is 2.83. The Hall–Kier alpha value is -1.09. The van der Waals surface area contributed by atoms with E-state index in [0.717, 1.165) is 5.56 Å². The normalized spacial score (nSPS) is 12.6. The minimum atomic E-state index is 0.0356. The Morgan fingerprint density at radius 2 is 2.27 bits per heavy atom. The number of aromatic nitrogens is 1. The number of rotatable bonds is 2. The van der Waals surface area contributed by atoms with Gasteiger partial charge in [0.05, 0.1) is 7.11 Å². The Labute approximate surface area is 66.2 Å². The molecule has 1 heterocycles. The van der Waals surface area contributed by atoms with Crippen molar-refractivity contribution >= 4 is 0 Å². The van der Waals surface area contributed by atoms with Gasteiger partial charge in [-0.2, -0.15) is 0 Å². The van der Waals surface area contributed by atoms with Crippen molar-refractivity contribution in [2.24, 2.45) is 5.73 Å². The second-order valence-electron chi connectivity index (χ2n) is 2.42. The van der Waals surface area contributed by atoms with Crippen LogP contribution < -0.4 is 10.5 Å². The van der Waals surface area contributed by atoms with Gasteiger partial charge in [-0.1, -0.05) is 6.07 Å². The van der Waals surface area contributed by atoms with E-state index in [1.165, 1.54) is 0 Å². The first-order chi connectivity index (χ1) is 5.24. The first kappa shape index (κ1) is 8.01. The SMILES string of the molecule is COc1ccc([C@@H](C)N)cn1. The van der Waals surface area contributed by atoms with Gasteiger partial charge in [0, 0.05) is 18.3 Å². The first-order valence-electron chi connectivity index (χ1n) is 3.49. The molecule has 0 amide bonds. The van der Waals surface area contributed by atoms with E-state index < -0.39 is 0 Å². The van der Waals surface area contributed by atoms with Crippen molar-refractivity contribution in [3.8, 4) is 5.88 Å². The standard InChI is InChI=1S/C8H12N2O/c1-6(9)7-3-4-8(11-2)10-5-7/h3-6H,9H2,1-2H3/t6-/m1/s1. The molecule has 0 aliphatic rings. The highest BCUT2D eigenvalue weighted by Crippen LogP contribution is 2.11. The van der Waals surface area contributed by atoms with Crippen LogP contribution in [0.15, 0.2) is 18.3 Å². The number of nitrogens with two attached hydrogens (primary N) is 1. The largest absolute Gasteiger partial charge is 0.481 e. The van der Waals surface area contributed by atoms with Crippen LogP contribution in [0.5, 0.6) is 5.88 Å². The van der Waals surface area contributed by atoms with Crippen LogP contribution in [0, 0.1) is 0 Å². The molecule has 0 aliphatic carbocycles. The van der Waals surface area contributed by atoms with Crippen LogP contribution in [0.2, 0.25) is 0 Å². The summed E-state index contributed by atoms with van der Waals surface area (Å²) < 4.78 is 4.90. The number of pyridine rings is 1. The van der Waals surface area contributed by atoms with E-state index in [0.29, 0.717) is 5.88 Å². The molecular weight excluding hydrogens is 140 g/mol. The fourth-order valence-corrected chi connectivity index (χ4v) is 0.782. The number of methoxy groups -OCH3 is 1. The van der Waals surface area contributed by atoms with Gasteiger partial charge >= 0.3 is 0 Å². The van der Waals surface area contributed by atoms with Gasteiger partial charge in [-0.15, -0.1) is 0 Å². The lowest BCUT2D eigenvalue weighted by atomic mass is 10.2. The Morgan fingerprint density at radius 3 is 2.64 bits per heavy atom. The number of hydrogen-bond donors (Lipinski definition) is 1. The van der Waals surface area contributed by atoms with Crippen molar-refractivity contribution in [2.75, 3.05) is 7.11 Å². The van der Waals surface area contributed by atoms with Crippen LogP contribution >= 0.6 is 0 Å². The maximum absolute atomic E-state index is 5.62. The molecule has 2 N–H and O–H groups in total. The zero-order chi connectivity index (χ0) is 8.27. The highest BCUT2D eigenvalue weighted by molar-refractivity contribution is 5.19. The predicted octanol–water partition coefficient (Wildman–Crippen LogP) is 1.11. The molecule has 11 heavy (non-hydrogen) atoms. The van der Waals surface area contributed by atoms with Crippen LogP contribution in [0.4, 0.5) is 0 Å². The molecule has 0 spiro atoms. The topological polar surface area (TPSA) is 48.1 Å². The van der Waals surface area contributed by atoms with Gasteiger partial charge < -0.3 is 10.5 Å². The Kier molecular flexibility index (Phi) is 2.44. The molecule has 0 saturated carbocycles. The molecule has 1 atom stereocenters. The molecule has 3 nitrogen and oxygen atoms in total. The summed E-state index contributed by atoms with van der Waals surface area (Å²) >= 11 is 0. The summed E-state index contributed by atoms with van der Waals surface area (Å²) in [6, 6.07) is 3.75. The molecule has 1 rings (SSSR count). The summed E-state index contributed by atoms with van der Waals surface area (Å²) in [5, 5.41) is 0. The maximum Gasteiger partial charge on any atom is 0.212 e. The fraction of sp³-hybridized carbons (Fsp3) is 0.375. The molecule has 60 valence electrons. The van der Waals surface area contributed by atoms with E-state index in [9.17, 15) is 0 Å². The lowest BCUT2D eigenvalue weighted by molar-refractivity contribution is 0.397. The van der Waals surface area contributed by atoms with E-state index in [2.05, 4.69) is 4.98 Å². The van der Waals surface area contributed by atoms with Gasteiger partial charge in [0.15, 0.2) is 0 Å². The molecule has 1 aromatic heterocycles. The number of nitrogens with zero attached hydrogens (tertiary/aromatic N) is 1. The van der Waals surface area contributed by atoms with Crippen molar-refractivity contribution in [3.05, 3.63) is 23.9 Å². The molecular formula is C8H12N2O. The Morgan fingerprint density at radius 1 is 1.55 bits per heavy atom. The van der Waals surface area contributed by atoms with Crippen molar-refractivity contribution in [2.45, 2.75) is 13.0 Å².